The fourth-order valence-electron chi connectivity index (χ4n) is 8.70. The number of piperidine rings is 1. The van der Waals surface area contributed by atoms with Crippen LogP contribution >= 0.6 is 0 Å². The number of unbranched alkanes of at least 4 members (excludes halogenated alkanes) is 2. The average molecular weight is 837 g/mol. The van der Waals surface area contributed by atoms with E-state index in [1.54, 1.807) is 12.1 Å². The minimum absolute atomic E-state index is 0.0171. The molecule has 0 aliphatic carbocycles. The summed E-state index contributed by atoms with van der Waals surface area (Å²) >= 11 is 0. The van der Waals surface area contributed by atoms with E-state index >= 15 is 0 Å². The fraction of sp³-hybridized carbons (Fsp3) is 0.340. The van der Waals surface area contributed by atoms with E-state index in [4.69, 9.17) is 15.2 Å². The molecule has 2 aliphatic heterocycles. The van der Waals surface area contributed by atoms with Crippen LogP contribution in [0.4, 0.5) is 11.4 Å². The summed E-state index contributed by atoms with van der Waals surface area (Å²) in [7, 11) is 0. The minimum atomic E-state index is -0.599. The first kappa shape index (κ1) is 42.6. The molecule has 6 aromatic rings. The number of amides is 2. The van der Waals surface area contributed by atoms with Crippen LogP contribution in [0.15, 0.2) is 126 Å². The van der Waals surface area contributed by atoms with E-state index in [1.165, 1.54) is 0 Å². The van der Waals surface area contributed by atoms with Gasteiger partial charge in [0.1, 0.15) is 0 Å². The quantitative estimate of drug-likeness (QED) is 0.0482. The van der Waals surface area contributed by atoms with Gasteiger partial charge in [0.15, 0.2) is 6.29 Å². The number of nitrogens with zero attached hydrogens (tertiary/aromatic N) is 2. The van der Waals surface area contributed by atoms with Gasteiger partial charge in [-0.05, 0) is 89.9 Å². The number of ether oxygens (including phenoxy) is 2. The first-order valence-electron chi connectivity index (χ1n) is 21.8. The number of nitrogens with one attached hydrogen (secondary N) is 3. The number of benzene rings is 5. The molecule has 3 heterocycles. The number of rotatable bonds is 16. The molecule has 0 spiro atoms. The number of likely N-dealkylation sites (tertiary alicyclic amines) is 1. The zero-order valence-electron chi connectivity index (χ0n) is 35.0. The molecule has 6 N–H and O–H groups in total. The molecule has 0 unspecified atom stereocenters. The molecule has 2 aliphatic rings. The third kappa shape index (κ3) is 10.7. The normalized spacial score (nSPS) is 18.4. The predicted molar refractivity (Wildman–Crippen MR) is 242 cm³/mol. The maximum atomic E-state index is 12.9. The summed E-state index contributed by atoms with van der Waals surface area (Å²) in [5.41, 5.74) is 14.7. The maximum absolute atomic E-state index is 12.9. The van der Waals surface area contributed by atoms with Gasteiger partial charge in [0.05, 0.1) is 41.2 Å². The van der Waals surface area contributed by atoms with Crippen LogP contribution in [0.3, 0.4) is 0 Å². The lowest BCUT2D eigenvalue weighted by Gasteiger charge is -2.40. The van der Waals surface area contributed by atoms with Crippen LogP contribution < -0.4 is 22.1 Å². The molecule has 12 heteroatoms. The van der Waals surface area contributed by atoms with Crippen molar-refractivity contribution in [2.75, 3.05) is 30.7 Å². The Morgan fingerprint density at radius 3 is 2.27 bits per heavy atom. The van der Waals surface area contributed by atoms with E-state index in [2.05, 4.69) is 44.8 Å². The molecule has 1 aromatic heterocycles. The Morgan fingerprint density at radius 1 is 0.758 bits per heavy atom. The second kappa shape index (κ2) is 20.2. The summed E-state index contributed by atoms with van der Waals surface area (Å²) in [5.74, 6) is -0.101. The number of anilines is 2. The van der Waals surface area contributed by atoms with Gasteiger partial charge in [-0.2, -0.15) is 0 Å². The number of imidazole rings is 1. The largest absolute Gasteiger partial charge is 0.397 e. The van der Waals surface area contributed by atoms with Crippen LogP contribution in [0.1, 0.15) is 92.1 Å². The van der Waals surface area contributed by atoms with E-state index < -0.39 is 6.29 Å². The number of aromatic nitrogens is 2. The number of aromatic amines is 1. The van der Waals surface area contributed by atoms with Gasteiger partial charge in [-0.3, -0.25) is 14.2 Å². The van der Waals surface area contributed by atoms with Crippen LogP contribution in [-0.4, -0.2) is 57.1 Å². The summed E-state index contributed by atoms with van der Waals surface area (Å²) in [6, 6.07) is 39.6. The smallest absolute Gasteiger partial charge is 0.326 e. The number of carbonyl (C=O) groups excluding carboxylic acids is 2. The lowest BCUT2D eigenvalue weighted by atomic mass is 9.97. The third-order valence-electron chi connectivity index (χ3n) is 12.1. The van der Waals surface area contributed by atoms with Gasteiger partial charge in [0.25, 0.3) is 0 Å². The topological polar surface area (TPSA) is 164 Å². The van der Waals surface area contributed by atoms with Gasteiger partial charge in [-0.25, -0.2) is 4.79 Å². The first-order valence-corrected chi connectivity index (χ1v) is 21.8. The monoisotopic (exact) mass is 836 g/mol. The molecular formula is C50H56N6O6. The number of carbonyl (C=O) groups is 2. The highest BCUT2D eigenvalue weighted by molar-refractivity contribution is 5.93. The van der Waals surface area contributed by atoms with Crippen molar-refractivity contribution in [3.63, 3.8) is 0 Å². The molecule has 0 radical (unpaired) electrons. The molecule has 322 valence electrons. The van der Waals surface area contributed by atoms with Crippen LogP contribution in [0, 0.1) is 0 Å². The predicted octanol–water partition coefficient (Wildman–Crippen LogP) is 8.16. The summed E-state index contributed by atoms with van der Waals surface area (Å²) in [6.07, 6.45) is 4.48. The molecule has 2 saturated heterocycles. The van der Waals surface area contributed by atoms with E-state index in [9.17, 15) is 19.5 Å². The van der Waals surface area contributed by atoms with Gasteiger partial charge in [-0.15, -0.1) is 0 Å². The van der Waals surface area contributed by atoms with Crippen molar-refractivity contribution in [1.29, 1.82) is 0 Å². The lowest BCUT2D eigenvalue weighted by molar-refractivity contribution is -0.253. The fourth-order valence-corrected chi connectivity index (χ4v) is 8.70. The standard InChI is InChI=1S/C50H56N6O6/c51-42-14-4-5-15-43(42)53-48(59)19-3-1-2-18-47(58)52-31-35-10-8-11-37(28-35)38-12-9-13-39(29-38)49-61-41(30-46(62-49)36-22-20-34(33-57)21-23-36)32-55-26-24-40(25-27-55)56-45-17-7-6-16-44(45)54-50(56)60/h4-17,20-23,28-29,40-41,46,49,57H,1-3,18-19,24-27,30-33,51H2,(H,52,58)(H,53,59)(H,54,60)/t41-,46+,49+/m0/s1. The Morgan fingerprint density at radius 2 is 1.48 bits per heavy atom. The molecule has 0 bridgehead atoms. The zero-order valence-corrected chi connectivity index (χ0v) is 35.0. The average Bonchev–Trinajstić information content (AvgIpc) is 3.64. The van der Waals surface area contributed by atoms with Crippen molar-refractivity contribution >= 4 is 34.2 Å². The molecule has 2 amide bonds. The Hall–Kier alpha value is -6.05. The van der Waals surface area contributed by atoms with Crippen LogP contribution in [-0.2, 0) is 32.2 Å². The van der Waals surface area contributed by atoms with Gasteiger partial charge < -0.3 is 40.8 Å². The minimum Gasteiger partial charge on any atom is -0.397 e. The van der Waals surface area contributed by atoms with Gasteiger partial charge >= 0.3 is 5.69 Å². The van der Waals surface area contributed by atoms with Crippen molar-refractivity contribution in [2.24, 2.45) is 0 Å². The van der Waals surface area contributed by atoms with Crippen LogP contribution in [0.5, 0.6) is 0 Å². The van der Waals surface area contributed by atoms with Crippen LogP contribution in [0.2, 0.25) is 0 Å². The van der Waals surface area contributed by atoms with E-state index in [0.29, 0.717) is 50.0 Å². The second-order valence-electron chi connectivity index (χ2n) is 16.5. The maximum Gasteiger partial charge on any atom is 0.326 e. The third-order valence-corrected chi connectivity index (χ3v) is 12.1. The van der Waals surface area contributed by atoms with Crippen molar-refractivity contribution in [1.82, 2.24) is 19.8 Å². The number of nitrogen functional groups attached to an aromatic ring is 1. The molecule has 62 heavy (non-hydrogen) atoms. The van der Waals surface area contributed by atoms with E-state index in [-0.39, 0.29) is 42.4 Å². The highest BCUT2D eigenvalue weighted by Gasteiger charge is 2.34. The second-order valence-corrected chi connectivity index (χ2v) is 16.5. The summed E-state index contributed by atoms with van der Waals surface area (Å²) in [6.45, 7) is 2.86. The number of para-hydroxylation sites is 4. The molecule has 2 fully saturated rings. The van der Waals surface area contributed by atoms with Crippen molar-refractivity contribution in [3.8, 4) is 11.1 Å². The van der Waals surface area contributed by atoms with Gasteiger partial charge in [0.2, 0.25) is 11.8 Å². The first-order chi connectivity index (χ1) is 30.3. The van der Waals surface area contributed by atoms with Gasteiger partial charge in [-0.1, -0.05) is 91.3 Å². The number of hydrogen-bond acceptors (Lipinski definition) is 8. The molecule has 3 atom stereocenters. The number of nitrogens with two attached hydrogens (primary N) is 1. The number of aliphatic hydroxyl groups excluding tert-OH is 1. The lowest BCUT2D eigenvalue weighted by Crippen LogP contribution is -2.43. The summed E-state index contributed by atoms with van der Waals surface area (Å²) in [4.78, 5) is 43.4. The molecular weight excluding hydrogens is 781 g/mol. The summed E-state index contributed by atoms with van der Waals surface area (Å²) in [5, 5.41) is 15.6. The van der Waals surface area contributed by atoms with Crippen LogP contribution in [0.25, 0.3) is 22.2 Å². The number of aliphatic hydroxyl groups is 1. The number of fused-ring (bicyclic) bond motifs is 1. The summed E-state index contributed by atoms with van der Waals surface area (Å²) < 4.78 is 15.4. The Balaban J connectivity index is 0.868. The van der Waals surface area contributed by atoms with Gasteiger partial charge in [0, 0.05) is 57.0 Å². The van der Waals surface area contributed by atoms with Crippen molar-refractivity contribution in [3.05, 3.63) is 154 Å². The molecule has 8 rings (SSSR count). The Labute approximate surface area is 362 Å². The zero-order chi connectivity index (χ0) is 42.8. The van der Waals surface area contributed by atoms with E-state index in [1.807, 2.05) is 89.5 Å². The molecule has 12 nitrogen and oxygen atoms in total. The number of hydrogen-bond donors (Lipinski definition) is 5. The molecule has 0 saturated carbocycles. The van der Waals surface area contributed by atoms with Crippen molar-refractivity contribution in [2.45, 2.75) is 89.1 Å². The number of H-pyrrole nitrogens is 1. The highest BCUT2D eigenvalue weighted by atomic mass is 16.7. The molecule has 5 aromatic carbocycles. The van der Waals surface area contributed by atoms with Crippen molar-refractivity contribution < 1.29 is 24.2 Å². The SMILES string of the molecule is Nc1ccccc1NC(=O)CCCCCC(=O)NCc1cccc(-c2cccc([C@@H]3O[C@H](CN4CCC(n5c(=O)[nH]c6ccccc65)CC4)C[C@H](c4ccc(CO)cc4)O3)c2)c1. The highest BCUT2D eigenvalue weighted by Crippen LogP contribution is 2.39. The Kier molecular flexibility index (Phi) is 13.9. The Bertz CT molecular complexity index is 2510. The van der Waals surface area contributed by atoms with E-state index in [0.717, 1.165) is 83.3 Å².